The van der Waals surface area contributed by atoms with Crippen molar-refractivity contribution in [1.29, 1.82) is 0 Å². The molecule has 1 aromatic rings. The highest BCUT2D eigenvalue weighted by molar-refractivity contribution is 7.91. The van der Waals surface area contributed by atoms with Gasteiger partial charge in [-0.25, -0.2) is 13.6 Å². The van der Waals surface area contributed by atoms with Gasteiger partial charge < -0.3 is 5.73 Å². The predicted octanol–water partition coefficient (Wildman–Crippen LogP) is -0.966. The number of nitrogens with two attached hydrogens (primary N) is 2. The lowest BCUT2D eigenvalue weighted by Crippen LogP contribution is -2.54. The normalized spacial score (nSPS) is 15.0. The summed E-state index contributed by atoms with van der Waals surface area (Å²) in [5, 5.41) is 12.0. The molecular weight excluding hydrogens is 280 g/mol. The Bertz CT molecular complexity index is 554. The fraction of sp³-hybridized carbons (Fsp3) is 0.500. The molecule has 1 atom stereocenters. The Kier molecular flexibility index (Phi) is 4.14. The van der Waals surface area contributed by atoms with Gasteiger partial charge in [-0.2, -0.15) is 0 Å². The van der Waals surface area contributed by atoms with Crippen LogP contribution in [-0.2, 0) is 14.8 Å². The van der Waals surface area contributed by atoms with Gasteiger partial charge in [0, 0.05) is 6.42 Å². The Morgan fingerprint density at radius 3 is 2.44 bits per heavy atom. The lowest BCUT2D eigenvalue weighted by molar-refractivity contribution is -0.120. The second-order valence-electron chi connectivity index (χ2n) is 3.60. The van der Waals surface area contributed by atoms with E-state index in [2.05, 4.69) is 10.2 Å². The van der Waals surface area contributed by atoms with E-state index in [4.69, 9.17) is 10.9 Å². The van der Waals surface area contributed by atoms with Crippen molar-refractivity contribution >= 4 is 33.1 Å². The molecule has 0 aliphatic rings. The molecule has 1 rings (SSSR count). The standard InChI is InChI=1S/C8H12N4O4S2/c1-2-8(7(9)14,18(10,15)16)3-5(13)6-12-11-4-17-6/h4H,2-3H2,1H3,(H2,9,14)(H2,10,15,16). The van der Waals surface area contributed by atoms with Crippen LogP contribution in [0.3, 0.4) is 0 Å². The molecule has 100 valence electrons. The van der Waals surface area contributed by atoms with Gasteiger partial charge in [0.05, 0.1) is 0 Å². The quantitative estimate of drug-likeness (QED) is 0.645. The number of amides is 1. The van der Waals surface area contributed by atoms with E-state index in [-0.39, 0.29) is 11.4 Å². The van der Waals surface area contributed by atoms with Crippen LogP contribution >= 0.6 is 11.3 Å². The summed E-state index contributed by atoms with van der Waals surface area (Å²) in [5.41, 5.74) is 6.41. The van der Waals surface area contributed by atoms with Gasteiger partial charge in [-0.3, -0.25) is 9.59 Å². The largest absolute Gasteiger partial charge is 0.368 e. The van der Waals surface area contributed by atoms with E-state index in [9.17, 15) is 18.0 Å². The summed E-state index contributed by atoms with van der Waals surface area (Å²) in [6.45, 7) is 1.42. The molecule has 0 spiro atoms. The average molecular weight is 292 g/mol. The topological polar surface area (TPSA) is 146 Å². The summed E-state index contributed by atoms with van der Waals surface area (Å²) in [4.78, 5) is 23.2. The third-order valence-electron chi connectivity index (χ3n) is 2.61. The highest BCUT2D eigenvalue weighted by Gasteiger charge is 2.48. The molecule has 1 heterocycles. The van der Waals surface area contributed by atoms with Gasteiger partial charge >= 0.3 is 0 Å². The van der Waals surface area contributed by atoms with Crippen molar-refractivity contribution < 1.29 is 18.0 Å². The van der Waals surface area contributed by atoms with Crippen LogP contribution in [0.5, 0.6) is 0 Å². The van der Waals surface area contributed by atoms with Crippen molar-refractivity contribution in [2.75, 3.05) is 0 Å². The van der Waals surface area contributed by atoms with Crippen molar-refractivity contribution in [3.63, 3.8) is 0 Å². The predicted molar refractivity (Wildman–Crippen MR) is 64.2 cm³/mol. The zero-order valence-electron chi connectivity index (χ0n) is 9.49. The second kappa shape index (κ2) is 5.08. The summed E-state index contributed by atoms with van der Waals surface area (Å²) in [6, 6.07) is 0. The smallest absolute Gasteiger partial charge is 0.240 e. The number of hydrogen-bond acceptors (Lipinski definition) is 7. The van der Waals surface area contributed by atoms with Crippen LogP contribution in [0.25, 0.3) is 0 Å². The molecule has 1 amide bonds. The fourth-order valence-corrected chi connectivity index (χ4v) is 2.96. The van der Waals surface area contributed by atoms with Gasteiger partial charge in [-0.1, -0.05) is 18.3 Å². The molecule has 8 nitrogen and oxygen atoms in total. The van der Waals surface area contributed by atoms with Crippen LogP contribution in [-0.4, -0.2) is 35.1 Å². The summed E-state index contributed by atoms with van der Waals surface area (Å²) in [6.07, 6.45) is -0.821. The van der Waals surface area contributed by atoms with E-state index >= 15 is 0 Å². The van der Waals surface area contributed by atoms with Gasteiger partial charge in [0.1, 0.15) is 5.51 Å². The molecule has 0 aliphatic carbocycles. The maximum atomic E-state index is 11.8. The van der Waals surface area contributed by atoms with Gasteiger partial charge in [0.2, 0.25) is 15.9 Å². The van der Waals surface area contributed by atoms with E-state index in [1.165, 1.54) is 12.4 Å². The first kappa shape index (κ1) is 14.7. The Balaban J connectivity index is 3.15. The number of carbonyl (C=O) groups is 2. The Hall–Kier alpha value is -1.39. The third kappa shape index (κ3) is 2.54. The van der Waals surface area contributed by atoms with E-state index in [0.717, 1.165) is 11.3 Å². The number of nitrogens with zero attached hydrogens (tertiary/aromatic N) is 2. The summed E-state index contributed by atoms with van der Waals surface area (Å²) in [7, 11) is -4.30. The number of primary sulfonamides is 1. The van der Waals surface area contributed by atoms with Crippen molar-refractivity contribution in [2.24, 2.45) is 10.9 Å². The van der Waals surface area contributed by atoms with Gasteiger partial charge in [0.25, 0.3) is 0 Å². The number of rotatable bonds is 6. The minimum absolute atomic E-state index is 0.0118. The lowest BCUT2D eigenvalue weighted by atomic mass is 9.98. The van der Waals surface area contributed by atoms with Crippen molar-refractivity contribution in [2.45, 2.75) is 24.5 Å². The van der Waals surface area contributed by atoms with Crippen LogP contribution in [0, 0.1) is 0 Å². The zero-order valence-corrected chi connectivity index (χ0v) is 11.1. The van der Waals surface area contributed by atoms with E-state index in [0.29, 0.717) is 0 Å². The molecule has 1 unspecified atom stereocenters. The maximum Gasteiger partial charge on any atom is 0.240 e. The number of aromatic nitrogens is 2. The molecule has 0 radical (unpaired) electrons. The molecule has 0 saturated heterocycles. The molecule has 0 bridgehead atoms. The molecule has 0 aromatic carbocycles. The summed E-state index contributed by atoms with van der Waals surface area (Å²) in [5.74, 6) is -1.78. The van der Waals surface area contributed by atoms with Crippen LogP contribution in [0.2, 0.25) is 0 Å². The van der Waals surface area contributed by atoms with Gasteiger partial charge in [-0.05, 0) is 6.42 Å². The number of ketones is 1. The van der Waals surface area contributed by atoms with Crippen LogP contribution in [0.15, 0.2) is 5.51 Å². The molecule has 18 heavy (non-hydrogen) atoms. The lowest BCUT2D eigenvalue weighted by Gasteiger charge is -2.25. The van der Waals surface area contributed by atoms with Crippen molar-refractivity contribution in [3.05, 3.63) is 10.5 Å². The maximum absolute atomic E-state index is 11.8. The SMILES string of the molecule is CCC(CC(=O)c1nncs1)(C(N)=O)S(N)(=O)=O. The average Bonchev–Trinajstić information content (AvgIpc) is 2.76. The zero-order chi connectivity index (χ0) is 14.0. The molecule has 0 aliphatic heterocycles. The highest BCUT2D eigenvalue weighted by atomic mass is 32.2. The number of primary amides is 1. The minimum Gasteiger partial charge on any atom is -0.368 e. The molecule has 0 saturated carbocycles. The number of hydrogen-bond donors (Lipinski definition) is 2. The summed E-state index contributed by atoms with van der Waals surface area (Å²) < 4.78 is 20.9. The Morgan fingerprint density at radius 1 is 1.50 bits per heavy atom. The second-order valence-corrected chi connectivity index (χ2v) is 6.31. The Morgan fingerprint density at radius 2 is 2.11 bits per heavy atom. The number of Topliss-reactive ketones (excluding diaryl/α,β-unsaturated/α-hetero) is 1. The first-order valence-electron chi connectivity index (χ1n) is 4.86. The van der Waals surface area contributed by atoms with Gasteiger partial charge in [0.15, 0.2) is 15.5 Å². The summed E-state index contributed by atoms with van der Waals surface area (Å²) >= 11 is 0.945. The first-order valence-corrected chi connectivity index (χ1v) is 7.29. The molecule has 0 fully saturated rings. The molecule has 1 aromatic heterocycles. The molecule has 10 heteroatoms. The molecular formula is C8H12N4O4S2. The number of sulfonamides is 1. The van der Waals surface area contributed by atoms with E-state index in [1.54, 1.807) is 0 Å². The van der Waals surface area contributed by atoms with Crippen molar-refractivity contribution in [1.82, 2.24) is 10.2 Å². The van der Waals surface area contributed by atoms with Crippen LogP contribution in [0.4, 0.5) is 0 Å². The third-order valence-corrected chi connectivity index (χ3v) is 5.07. The fourth-order valence-electron chi connectivity index (χ4n) is 1.46. The van der Waals surface area contributed by atoms with E-state index in [1.807, 2.05) is 0 Å². The molecule has 4 N–H and O–H groups in total. The first-order chi connectivity index (χ1) is 8.24. The van der Waals surface area contributed by atoms with Crippen LogP contribution < -0.4 is 10.9 Å². The Labute approximate surface area is 107 Å². The van der Waals surface area contributed by atoms with Crippen LogP contribution in [0.1, 0.15) is 29.6 Å². The minimum atomic E-state index is -4.30. The highest BCUT2D eigenvalue weighted by Crippen LogP contribution is 2.26. The number of carbonyl (C=O) groups excluding carboxylic acids is 2. The van der Waals surface area contributed by atoms with Gasteiger partial charge in [-0.15, -0.1) is 10.2 Å². The monoisotopic (exact) mass is 292 g/mol. The van der Waals surface area contributed by atoms with Crippen molar-refractivity contribution in [3.8, 4) is 0 Å². The van der Waals surface area contributed by atoms with E-state index < -0.39 is 32.9 Å².